The van der Waals surface area contributed by atoms with Gasteiger partial charge < -0.3 is 24.1 Å². The highest BCUT2D eigenvalue weighted by molar-refractivity contribution is 6.15. The molecule has 0 radical (unpaired) electrons. The predicted octanol–water partition coefficient (Wildman–Crippen LogP) is 3.35. The van der Waals surface area contributed by atoms with Crippen LogP contribution in [0, 0.1) is 0 Å². The molecule has 158 valence electrons. The predicted molar refractivity (Wildman–Crippen MR) is 110 cm³/mol. The van der Waals surface area contributed by atoms with Crippen molar-refractivity contribution < 1.29 is 23.8 Å². The summed E-state index contributed by atoms with van der Waals surface area (Å²) in [6, 6.07) is 9.66. The number of carbonyl (C=O) groups excluding carboxylic acids is 2. The van der Waals surface area contributed by atoms with Crippen molar-refractivity contribution in [3.63, 3.8) is 0 Å². The molecule has 1 amide bonds. The number of nitrogens with zero attached hydrogens (tertiary/aromatic N) is 2. The van der Waals surface area contributed by atoms with Crippen LogP contribution in [-0.4, -0.2) is 59.9 Å². The maximum atomic E-state index is 13.2. The smallest absolute Gasteiger partial charge is 0.290 e. The van der Waals surface area contributed by atoms with E-state index in [-0.39, 0.29) is 11.3 Å². The number of furan rings is 1. The van der Waals surface area contributed by atoms with Crippen LogP contribution in [0.3, 0.4) is 0 Å². The van der Waals surface area contributed by atoms with Gasteiger partial charge >= 0.3 is 0 Å². The minimum atomic E-state index is -0.740. The van der Waals surface area contributed by atoms with Crippen LogP contribution in [-0.2, 0) is 4.79 Å². The quantitative estimate of drug-likeness (QED) is 0.705. The van der Waals surface area contributed by atoms with E-state index in [9.17, 15) is 14.7 Å². The van der Waals surface area contributed by atoms with Gasteiger partial charge in [0.1, 0.15) is 5.75 Å². The molecule has 2 aliphatic heterocycles. The van der Waals surface area contributed by atoms with E-state index in [0.717, 1.165) is 25.9 Å². The lowest BCUT2D eigenvalue weighted by Crippen LogP contribution is -2.40. The van der Waals surface area contributed by atoms with E-state index in [1.807, 2.05) is 18.2 Å². The minimum absolute atomic E-state index is 0.0260. The summed E-state index contributed by atoms with van der Waals surface area (Å²) in [7, 11) is 1.55. The maximum Gasteiger partial charge on any atom is 0.290 e. The Bertz CT molecular complexity index is 944. The van der Waals surface area contributed by atoms with Gasteiger partial charge in [-0.15, -0.1) is 0 Å². The molecule has 3 heterocycles. The highest BCUT2D eigenvalue weighted by Gasteiger charge is 2.45. The Morgan fingerprint density at radius 1 is 1.13 bits per heavy atom. The average molecular weight is 410 g/mol. The number of aliphatic hydroxyl groups is 1. The van der Waals surface area contributed by atoms with E-state index >= 15 is 0 Å². The molecule has 0 saturated carbocycles. The Balaban J connectivity index is 1.70. The lowest BCUT2D eigenvalue weighted by molar-refractivity contribution is -0.129. The lowest BCUT2D eigenvalue weighted by Gasteiger charge is -2.32. The number of hydrogen-bond acceptors (Lipinski definition) is 6. The first-order valence-electron chi connectivity index (χ1n) is 10.3. The third-order valence-electron chi connectivity index (χ3n) is 5.83. The Kier molecular flexibility index (Phi) is 5.90. The fraction of sp³-hybridized carbons (Fsp3) is 0.391. The van der Waals surface area contributed by atoms with Crippen LogP contribution >= 0.6 is 0 Å². The zero-order valence-corrected chi connectivity index (χ0v) is 17.0. The number of Topliss-reactive ketones (excluding diaryl/α,β-unsaturated/α-hetero) is 1. The molecule has 4 rings (SSSR count). The van der Waals surface area contributed by atoms with Crippen molar-refractivity contribution in [2.75, 3.05) is 33.3 Å². The molecule has 1 saturated heterocycles. The van der Waals surface area contributed by atoms with Crippen LogP contribution in [0.4, 0.5) is 0 Å². The number of para-hydroxylation sites is 1. The summed E-state index contributed by atoms with van der Waals surface area (Å²) in [5.41, 5.74) is 0.684. The standard InChI is InChI=1S/C23H26N2O5/c1-29-17-9-4-3-8-16(17)20-19(21(26)18-10-7-15-30-18)22(27)23(28)25(20)14-13-24-11-5-2-6-12-24/h3-4,7-10,15,20,27H,2,5-6,11-14H2,1H3. The molecule has 1 aromatic carbocycles. The number of hydrogen-bond donors (Lipinski definition) is 1. The number of amides is 1. The third kappa shape index (κ3) is 3.73. The van der Waals surface area contributed by atoms with E-state index in [2.05, 4.69) is 4.90 Å². The first kappa shape index (κ1) is 20.2. The molecule has 0 spiro atoms. The monoisotopic (exact) mass is 410 g/mol. The number of ketones is 1. The first-order valence-corrected chi connectivity index (χ1v) is 10.3. The molecule has 30 heavy (non-hydrogen) atoms. The Morgan fingerprint density at radius 2 is 1.90 bits per heavy atom. The maximum absolute atomic E-state index is 13.2. The molecule has 1 aromatic heterocycles. The SMILES string of the molecule is COc1ccccc1C1C(C(=O)c2ccco2)=C(O)C(=O)N1CCN1CCCCC1. The summed E-state index contributed by atoms with van der Waals surface area (Å²) in [4.78, 5) is 30.1. The second-order valence-corrected chi connectivity index (χ2v) is 7.61. The molecular weight excluding hydrogens is 384 g/mol. The molecule has 0 bridgehead atoms. The van der Waals surface area contributed by atoms with Crippen LogP contribution < -0.4 is 4.74 Å². The van der Waals surface area contributed by atoms with Crippen LogP contribution in [0.2, 0.25) is 0 Å². The zero-order chi connectivity index (χ0) is 21.1. The molecule has 7 nitrogen and oxygen atoms in total. The highest BCUT2D eigenvalue weighted by atomic mass is 16.5. The van der Waals surface area contributed by atoms with Gasteiger partial charge in [0.15, 0.2) is 11.5 Å². The van der Waals surface area contributed by atoms with Gasteiger partial charge in [-0.25, -0.2) is 0 Å². The summed E-state index contributed by atoms with van der Waals surface area (Å²) in [5, 5.41) is 10.7. The van der Waals surface area contributed by atoms with Gasteiger partial charge in [0.25, 0.3) is 5.91 Å². The Morgan fingerprint density at radius 3 is 2.60 bits per heavy atom. The normalized spacial score (nSPS) is 20.1. The molecule has 0 aliphatic carbocycles. The largest absolute Gasteiger partial charge is 0.503 e. The number of likely N-dealkylation sites (tertiary alicyclic amines) is 1. The van der Waals surface area contributed by atoms with Crippen molar-refractivity contribution in [2.24, 2.45) is 0 Å². The van der Waals surface area contributed by atoms with Crippen molar-refractivity contribution in [1.29, 1.82) is 0 Å². The van der Waals surface area contributed by atoms with Crippen molar-refractivity contribution in [2.45, 2.75) is 25.3 Å². The summed E-state index contributed by atoms with van der Waals surface area (Å²) in [6.07, 6.45) is 4.92. The minimum Gasteiger partial charge on any atom is -0.503 e. The highest BCUT2D eigenvalue weighted by Crippen LogP contribution is 2.42. The van der Waals surface area contributed by atoms with Gasteiger partial charge in [-0.1, -0.05) is 24.6 Å². The average Bonchev–Trinajstić information content (AvgIpc) is 3.40. The lowest BCUT2D eigenvalue weighted by atomic mass is 9.94. The van der Waals surface area contributed by atoms with E-state index in [1.54, 1.807) is 24.1 Å². The molecule has 2 aliphatic rings. The molecule has 1 unspecified atom stereocenters. The van der Waals surface area contributed by atoms with Crippen LogP contribution in [0.25, 0.3) is 0 Å². The van der Waals surface area contributed by atoms with Crippen molar-refractivity contribution in [3.05, 3.63) is 65.3 Å². The number of carbonyl (C=O) groups is 2. The third-order valence-corrected chi connectivity index (χ3v) is 5.83. The molecule has 7 heteroatoms. The number of methoxy groups -OCH3 is 1. The number of ether oxygens (including phenoxy) is 1. The van der Waals surface area contributed by atoms with Crippen molar-refractivity contribution in [1.82, 2.24) is 9.80 Å². The Hall–Kier alpha value is -3.06. The number of benzene rings is 1. The van der Waals surface area contributed by atoms with Gasteiger partial charge in [0.05, 0.1) is 25.0 Å². The molecular formula is C23H26N2O5. The molecule has 1 fully saturated rings. The van der Waals surface area contributed by atoms with Gasteiger partial charge in [-0.2, -0.15) is 0 Å². The summed E-state index contributed by atoms with van der Waals surface area (Å²) < 4.78 is 10.8. The van der Waals surface area contributed by atoms with E-state index in [4.69, 9.17) is 9.15 Å². The number of aliphatic hydroxyl groups excluding tert-OH is 1. The van der Waals surface area contributed by atoms with E-state index in [1.165, 1.54) is 18.8 Å². The fourth-order valence-electron chi connectivity index (χ4n) is 4.30. The van der Waals surface area contributed by atoms with Crippen LogP contribution in [0.15, 0.2) is 58.4 Å². The molecule has 1 atom stereocenters. The van der Waals surface area contributed by atoms with E-state index < -0.39 is 23.5 Å². The van der Waals surface area contributed by atoms with Gasteiger partial charge in [0.2, 0.25) is 5.78 Å². The zero-order valence-electron chi connectivity index (χ0n) is 17.0. The van der Waals surface area contributed by atoms with Crippen LogP contribution in [0.1, 0.15) is 41.4 Å². The van der Waals surface area contributed by atoms with Gasteiger partial charge in [-0.3, -0.25) is 9.59 Å². The number of piperidine rings is 1. The van der Waals surface area contributed by atoms with Crippen LogP contribution in [0.5, 0.6) is 5.75 Å². The number of rotatable bonds is 7. The summed E-state index contributed by atoms with van der Waals surface area (Å²) >= 11 is 0. The van der Waals surface area contributed by atoms with Gasteiger partial charge in [-0.05, 0) is 44.1 Å². The molecule has 1 N–H and O–H groups in total. The summed E-state index contributed by atoms with van der Waals surface area (Å²) in [5.74, 6) is -0.925. The molecule has 2 aromatic rings. The fourth-order valence-corrected chi connectivity index (χ4v) is 4.30. The van der Waals surface area contributed by atoms with E-state index in [0.29, 0.717) is 24.4 Å². The first-order chi connectivity index (χ1) is 14.6. The van der Waals surface area contributed by atoms with Crippen molar-refractivity contribution >= 4 is 11.7 Å². The van der Waals surface area contributed by atoms with Crippen molar-refractivity contribution in [3.8, 4) is 5.75 Å². The second-order valence-electron chi connectivity index (χ2n) is 7.61. The Labute approximate surface area is 175 Å². The summed E-state index contributed by atoms with van der Waals surface area (Å²) in [6.45, 7) is 3.09. The topological polar surface area (TPSA) is 83.2 Å². The second kappa shape index (κ2) is 8.75. The van der Waals surface area contributed by atoms with Gasteiger partial charge in [0, 0.05) is 18.7 Å².